The number of amides is 1. The molecule has 4 rings (SSSR count). The van der Waals surface area contributed by atoms with Gasteiger partial charge in [-0.25, -0.2) is 9.18 Å². The van der Waals surface area contributed by atoms with Crippen LogP contribution < -0.4 is 0 Å². The number of carbonyl (C=O) groups is 3. The van der Waals surface area contributed by atoms with E-state index in [0.29, 0.717) is 37.3 Å². The van der Waals surface area contributed by atoms with Gasteiger partial charge < -0.3 is 19.5 Å². The molecular weight excluding hydrogens is 455 g/mol. The molecule has 1 N–H and O–H groups in total. The maximum absolute atomic E-state index is 13.4. The number of carbonyl (C=O) groups excluding carboxylic acids is 3. The van der Waals surface area contributed by atoms with Gasteiger partial charge in [-0.3, -0.25) is 14.5 Å². The van der Waals surface area contributed by atoms with Crippen LogP contribution in [0.15, 0.2) is 54.1 Å². The summed E-state index contributed by atoms with van der Waals surface area (Å²) in [5, 5.41) is 11.0. The highest BCUT2D eigenvalue weighted by atomic mass is 19.1. The minimum atomic E-state index is -0.851. The second-order valence-electron chi connectivity index (χ2n) is 8.42. The average molecular weight is 483 g/mol. The fourth-order valence-corrected chi connectivity index (χ4v) is 4.43. The van der Waals surface area contributed by atoms with Crippen molar-refractivity contribution < 1.29 is 33.4 Å². The van der Waals surface area contributed by atoms with Crippen molar-refractivity contribution in [2.24, 2.45) is 0 Å². The Morgan fingerprint density at radius 2 is 1.66 bits per heavy atom. The fourth-order valence-electron chi connectivity index (χ4n) is 4.43. The zero-order valence-corrected chi connectivity index (χ0v) is 19.4. The number of rotatable bonds is 7. The van der Waals surface area contributed by atoms with Gasteiger partial charge in [0, 0.05) is 31.7 Å². The minimum absolute atomic E-state index is 0.0706. The Morgan fingerprint density at radius 3 is 2.29 bits per heavy atom. The number of likely N-dealkylation sites (tertiary alicyclic amines) is 1. The summed E-state index contributed by atoms with van der Waals surface area (Å²) in [5.41, 5.74) is 1.04. The third-order valence-corrected chi connectivity index (χ3v) is 6.28. The maximum Gasteiger partial charge on any atom is 0.337 e. The smallest absolute Gasteiger partial charge is 0.337 e. The molecule has 2 saturated heterocycles. The molecule has 2 aromatic carbocycles. The molecule has 1 unspecified atom stereocenters. The number of Topliss-reactive ketones (excluding diaryl/α,β-unsaturated/α-hetero) is 1. The van der Waals surface area contributed by atoms with Crippen molar-refractivity contribution in [1.29, 1.82) is 0 Å². The number of benzene rings is 2. The van der Waals surface area contributed by atoms with E-state index in [1.165, 1.54) is 36.3 Å². The maximum atomic E-state index is 13.4. The van der Waals surface area contributed by atoms with Crippen molar-refractivity contribution in [3.05, 3.63) is 76.6 Å². The Labute approximate surface area is 202 Å². The molecule has 1 amide bonds. The minimum Gasteiger partial charge on any atom is -0.507 e. The Bertz CT molecular complexity index is 1120. The number of ketones is 1. The zero-order chi connectivity index (χ0) is 24.9. The Balaban J connectivity index is 1.68. The van der Waals surface area contributed by atoms with E-state index in [1.54, 1.807) is 24.3 Å². The zero-order valence-electron chi connectivity index (χ0n) is 19.4. The largest absolute Gasteiger partial charge is 0.507 e. The SMILES string of the molecule is COC(=O)c1ccc(C2C(=C(O)c3ccc(F)cc3)C(=O)C(=O)N2CCCN2CCOCC2)cc1. The van der Waals surface area contributed by atoms with Crippen LogP contribution in [0.25, 0.3) is 5.76 Å². The van der Waals surface area contributed by atoms with E-state index in [2.05, 4.69) is 4.90 Å². The molecule has 8 nitrogen and oxygen atoms in total. The Morgan fingerprint density at radius 1 is 1.03 bits per heavy atom. The molecule has 2 heterocycles. The van der Waals surface area contributed by atoms with Gasteiger partial charge in [0.1, 0.15) is 11.6 Å². The first kappa shape index (κ1) is 24.6. The summed E-state index contributed by atoms with van der Waals surface area (Å²) in [6.07, 6.45) is 0.625. The number of aliphatic hydroxyl groups excluding tert-OH is 1. The predicted octanol–water partition coefficient (Wildman–Crippen LogP) is 2.76. The predicted molar refractivity (Wildman–Crippen MR) is 125 cm³/mol. The first-order chi connectivity index (χ1) is 16.9. The van der Waals surface area contributed by atoms with Gasteiger partial charge in [-0.15, -0.1) is 0 Å². The molecule has 184 valence electrons. The van der Waals surface area contributed by atoms with Crippen LogP contribution in [0, 0.1) is 5.82 Å². The van der Waals surface area contributed by atoms with Crippen molar-refractivity contribution in [2.45, 2.75) is 12.5 Å². The van der Waals surface area contributed by atoms with Crippen LogP contribution in [-0.4, -0.2) is 79.1 Å². The summed E-state index contributed by atoms with van der Waals surface area (Å²) in [6, 6.07) is 10.6. The summed E-state index contributed by atoms with van der Waals surface area (Å²) >= 11 is 0. The van der Waals surface area contributed by atoms with Crippen molar-refractivity contribution >= 4 is 23.4 Å². The number of hydrogen-bond donors (Lipinski definition) is 1. The average Bonchev–Trinajstić information content (AvgIpc) is 3.14. The van der Waals surface area contributed by atoms with E-state index in [9.17, 15) is 23.9 Å². The first-order valence-electron chi connectivity index (χ1n) is 11.4. The van der Waals surface area contributed by atoms with Crippen molar-refractivity contribution in [2.75, 3.05) is 46.5 Å². The molecule has 0 bridgehead atoms. The number of halogens is 1. The summed E-state index contributed by atoms with van der Waals surface area (Å²) in [7, 11) is 1.28. The molecule has 2 aliphatic rings. The Hall–Kier alpha value is -3.56. The van der Waals surface area contributed by atoms with Crippen LogP contribution in [0.5, 0.6) is 0 Å². The van der Waals surface area contributed by atoms with Gasteiger partial charge in [0.15, 0.2) is 0 Å². The molecular formula is C26H27FN2O6. The molecule has 0 radical (unpaired) electrons. The molecule has 35 heavy (non-hydrogen) atoms. The van der Waals surface area contributed by atoms with Crippen LogP contribution in [0.2, 0.25) is 0 Å². The number of methoxy groups -OCH3 is 1. The van der Waals surface area contributed by atoms with Gasteiger partial charge in [-0.2, -0.15) is 0 Å². The van der Waals surface area contributed by atoms with Crippen molar-refractivity contribution in [1.82, 2.24) is 9.80 Å². The number of nitrogens with zero attached hydrogens (tertiary/aromatic N) is 2. The van der Waals surface area contributed by atoms with Gasteiger partial charge in [0.2, 0.25) is 0 Å². The van der Waals surface area contributed by atoms with Crippen LogP contribution in [0.4, 0.5) is 4.39 Å². The van der Waals surface area contributed by atoms with Gasteiger partial charge >= 0.3 is 5.97 Å². The Kier molecular flexibility index (Phi) is 7.57. The second kappa shape index (κ2) is 10.8. The number of aliphatic hydroxyl groups is 1. The monoisotopic (exact) mass is 482 g/mol. The lowest BCUT2D eigenvalue weighted by Crippen LogP contribution is -2.39. The number of esters is 1. The molecule has 2 aromatic rings. The summed E-state index contributed by atoms with van der Waals surface area (Å²) < 4.78 is 23.5. The van der Waals surface area contributed by atoms with Crippen LogP contribution in [-0.2, 0) is 19.1 Å². The molecule has 2 fully saturated rings. The molecule has 2 aliphatic heterocycles. The highest BCUT2D eigenvalue weighted by Gasteiger charge is 2.45. The lowest BCUT2D eigenvalue weighted by molar-refractivity contribution is -0.140. The molecule has 1 atom stereocenters. The summed E-state index contributed by atoms with van der Waals surface area (Å²) in [6.45, 7) is 3.97. The van der Waals surface area contributed by atoms with Gasteiger partial charge in [-0.05, 0) is 48.4 Å². The molecule has 0 aliphatic carbocycles. The number of ether oxygens (including phenoxy) is 2. The molecule has 9 heteroatoms. The van der Waals surface area contributed by atoms with E-state index in [-0.39, 0.29) is 16.9 Å². The number of hydrogen-bond acceptors (Lipinski definition) is 7. The standard InChI is InChI=1S/C26H27FN2O6/c1-34-26(33)19-5-3-17(4-6-19)22-21(23(30)18-7-9-20(27)10-8-18)24(31)25(32)29(22)12-2-11-28-13-15-35-16-14-28/h3-10,22,30H,2,11-16H2,1H3. The van der Waals surface area contributed by atoms with Crippen molar-refractivity contribution in [3.8, 4) is 0 Å². The van der Waals surface area contributed by atoms with E-state index >= 15 is 0 Å². The van der Waals surface area contributed by atoms with E-state index in [1.807, 2.05) is 0 Å². The van der Waals surface area contributed by atoms with Gasteiger partial charge in [0.05, 0.1) is 37.5 Å². The van der Waals surface area contributed by atoms with Crippen LogP contribution >= 0.6 is 0 Å². The highest BCUT2D eigenvalue weighted by Crippen LogP contribution is 2.39. The van der Waals surface area contributed by atoms with Gasteiger partial charge in [0.25, 0.3) is 11.7 Å². The van der Waals surface area contributed by atoms with E-state index in [0.717, 1.165) is 19.6 Å². The van der Waals surface area contributed by atoms with Crippen LogP contribution in [0.1, 0.15) is 33.9 Å². The van der Waals surface area contributed by atoms with Gasteiger partial charge in [-0.1, -0.05) is 12.1 Å². The van der Waals surface area contributed by atoms with E-state index < -0.39 is 29.5 Å². The third-order valence-electron chi connectivity index (χ3n) is 6.28. The summed E-state index contributed by atoms with van der Waals surface area (Å²) in [5.74, 6) is -2.89. The third kappa shape index (κ3) is 5.26. The second-order valence-corrected chi connectivity index (χ2v) is 8.42. The number of morpholine rings is 1. The van der Waals surface area contributed by atoms with Crippen LogP contribution in [0.3, 0.4) is 0 Å². The van der Waals surface area contributed by atoms with E-state index in [4.69, 9.17) is 9.47 Å². The normalized spacial score (nSPS) is 20.3. The fraction of sp³-hybridized carbons (Fsp3) is 0.346. The highest BCUT2D eigenvalue weighted by molar-refractivity contribution is 6.46. The topological polar surface area (TPSA) is 96.4 Å². The molecule has 0 aromatic heterocycles. The lowest BCUT2D eigenvalue weighted by Gasteiger charge is -2.29. The molecule has 0 saturated carbocycles. The lowest BCUT2D eigenvalue weighted by atomic mass is 9.94. The first-order valence-corrected chi connectivity index (χ1v) is 11.4. The molecule has 0 spiro atoms. The summed E-state index contributed by atoms with van der Waals surface area (Å²) in [4.78, 5) is 41.7. The quantitative estimate of drug-likeness (QED) is 0.281. The van der Waals surface area contributed by atoms with Crippen molar-refractivity contribution in [3.63, 3.8) is 0 Å².